The van der Waals surface area contributed by atoms with Crippen LogP contribution in [0, 0.1) is 11.3 Å². The molecule has 2 aromatic rings. The summed E-state index contributed by atoms with van der Waals surface area (Å²) in [6.07, 6.45) is 5.91. The van der Waals surface area contributed by atoms with E-state index < -0.39 is 0 Å². The van der Waals surface area contributed by atoms with E-state index in [-0.39, 0.29) is 11.5 Å². The number of carbonyl (C=O) groups is 1. The predicted octanol–water partition coefficient (Wildman–Crippen LogP) is 3.88. The minimum Gasteiger partial charge on any atom is -0.351 e. The van der Waals surface area contributed by atoms with Gasteiger partial charge in [-0.05, 0) is 54.7 Å². The summed E-state index contributed by atoms with van der Waals surface area (Å²) in [5, 5.41) is 3.00. The second-order valence-electron chi connectivity index (χ2n) is 8.21. The molecule has 0 aliphatic heterocycles. The molecular weight excluding hydrogens is 344 g/mol. The molecule has 4 nitrogen and oxygen atoms in total. The van der Waals surface area contributed by atoms with Crippen LogP contribution in [0.15, 0.2) is 35.3 Å². The van der Waals surface area contributed by atoms with Crippen molar-refractivity contribution >= 4 is 17.2 Å². The van der Waals surface area contributed by atoms with Crippen molar-refractivity contribution < 1.29 is 4.79 Å². The number of carbonyl (C=O) groups excluding carboxylic acids is 1. The number of aromatic nitrogens is 1. The number of nitrogens with zero attached hydrogens (tertiary/aromatic N) is 1. The van der Waals surface area contributed by atoms with Gasteiger partial charge in [-0.15, -0.1) is 11.3 Å². The van der Waals surface area contributed by atoms with Crippen LogP contribution in [0.5, 0.6) is 0 Å². The zero-order valence-electron chi connectivity index (χ0n) is 15.9. The van der Waals surface area contributed by atoms with Crippen molar-refractivity contribution in [2.24, 2.45) is 11.3 Å². The van der Waals surface area contributed by atoms with Gasteiger partial charge in [0.2, 0.25) is 5.56 Å². The molecule has 1 unspecified atom stereocenters. The van der Waals surface area contributed by atoms with Crippen LogP contribution in [0.1, 0.15) is 53.7 Å². The molecule has 1 atom stereocenters. The molecule has 140 valence electrons. The van der Waals surface area contributed by atoms with Gasteiger partial charge in [0.15, 0.2) is 0 Å². The highest BCUT2D eigenvalue weighted by atomic mass is 32.1. The molecule has 3 rings (SSSR count). The zero-order chi connectivity index (χ0) is 18.7. The van der Waals surface area contributed by atoms with E-state index >= 15 is 0 Å². The van der Waals surface area contributed by atoms with Crippen molar-refractivity contribution in [2.45, 2.75) is 53.0 Å². The summed E-state index contributed by atoms with van der Waals surface area (Å²) in [5.41, 5.74) is 1.68. The molecule has 0 saturated heterocycles. The Morgan fingerprint density at radius 1 is 1.35 bits per heavy atom. The summed E-state index contributed by atoms with van der Waals surface area (Å²) in [6.45, 7) is 8.11. The normalized spacial score (nSPS) is 17.0. The van der Waals surface area contributed by atoms with Crippen molar-refractivity contribution in [3.63, 3.8) is 0 Å². The van der Waals surface area contributed by atoms with Crippen molar-refractivity contribution in [1.29, 1.82) is 0 Å². The van der Waals surface area contributed by atoms with Gasteiger partial charge in [-0.25, -0.2) is 0 Å². The number of aryl methyl sites for hydroxylation is 2. The van der Waals surface area contributed by atoms with Gasteiger partial charge in [-0.2, -0.15) is 0 Å². The highest BCUT2D eigenvalue weighted by Gasteiger charge is 2.30. The van der Waals surface area contributed by atoms with Crippen LogP contribution in [0.3, 0.4) is 0 Å². The number of rotatable bonds is 5. The molecule has 1 amide bonds. The molecule has 0 fully saturated rings. The van der Waals surface area contributed by atoms with Crippen LogP contribution in [0.2, 0.25) is 0 Å². The second kappa shape index (κ2) is 7.78. The largest absolute Gasteiger partial charge is 0.351 e. The van der Waals surface area contributed by atoms with Gasteiger partial charge < -0.3 is 9.88 Å². The number of thiophene rings is 1. The lowest BCUT2D eigenvalue weighted by Gasteiger charge is -2.33. The highest BCUT2D eigenvalue weighted by molar-refractivity contribution is 7.14. The fraction of sp³-hybridized carbons (Fsp3) is 0.524. The van der Waals surface area contributed by atoms with Gasteiger partial charge in [0.05, 0.1) is 4.88 Å². The Kier molecular flexibility index (Phi) is 5.66. The van der Waals surface area contributed by atoms with Crippen LogP contribution in [-0.4, -0.2) is 17.0 Å². The van der Waals surface area contributed by atoms with E-state index in [1.54, 1.807) is 34.2 Å². The molecule has 2 aromatic heterocycles. The van der Waals surface area contributed by atoms with Crippen molar-refractivity contribution in [1.82, 2.24) is 9.88 Å². The predicted molar refractivity (Wildman–Crippen MR) is 107 cm³/mol. The molecule has 0 bridgehead atoms. The third-order valence-corrected chi connectivity index (χ3v) is 6.53. The molecule has 1 aliphatic rings. The standard InChI is InChI=1S/C21H28N2O2S/c1-21(2,3)16-8-9-17-15(13-16)14-18(26-17)20(25)22-10-6-12-23-11-5-4-7-19(23)24/h4-5,7,11,14,16H,6,8-10,12-13H2,1-3H3,(H,22,25). The van der Waals surface area contributed by atoms with Gasteiger partial charge in [-0.1, -0.05) is 26.8 Å². The Morgan fingerprint density at radius 2 is 2.15 bits per heavy atom. The number of fused-ring (bicyclic) bond motifs is 1. The molecule has 1 N–H and O–H groups in total. The minimum absolute atomic E-state index is 0.00170. The van der Waals surface area contributed by atoms with Crippen LogP contribution in [0.25, 0.3) is 0 Å². The van der Waals surface area contributed by atoms with E-state index in [9.17, 15) is 9.59 Å². The quantitative estimate of drug-likeness (QED) is 0.810. The SMILES string of the molecule is CC(C)(C)C1CCc2sc(C(=O)NCCCn3ccccc3=O)cc2C1. The molecule has 26 heavy (non-hydrogen) atoms. The van der Waals surface area contributed by atoms with E-state index in [4.69, 9.17) is 0 Å². The molecule has 0 radical (unpaired) electrons. The van der Waals surface area contributed by atoms with E-state index in [1.165, 1.54) is 16.9 Å². The fourth-order valence-corrected chi connectivity index (χ4v) is 4.68. The van der Waals surface area contributed by atoms with Gasteiger partial charge >= 0.3 is 0 Å². The number of amides is 1. The average Bonchev–Trinajstić information content (AvgIpc) is 3.02. The number of hydrogen-bond donors (Lipinski definition) is 1. The molecule has 0 saturated carbocycles. The molecule has 0 aromatic carbocycles. The van der Waals surface area contributed by atoms with E-state index in [1.807, 2.05) is 6.07 Å². The Labute approximate surface area is 159 Å². The van der Waals surface area contributed by atoms with Crippen LogP contribution >= 0.6 is 11.3 Å². The van der Waals surface area contributed by atoms with Crippen LogP contribution in [0.4, 0.5) is 0 Å². The number of nitrogens with one attached hydrogen (secondary N) is 1. The van der Waals surface area contributed by atoms with Crippen LogP contribution in [-0.2, 0) is 19.4 Å². The second-order valence-corrected chi connectivity index (χ2v) is 9.34. The first-order valence-corrected chi connectivity index (χ1v) is 10.2. The van der Waals surface area contributed by atoms with Crippen molar-refractivity contribution in [2.75, 3.05) is 6.54 Å². The summed E-state index contributed by atoms with van der Waals surface area (Å²) >= 11 is 1.65. The maximum Gasteiger partial charge on any atom is 0.261 e. The topological polar surface area (TPSA) is 51.1 Å². The smallest absolute Gasteiger partial charge is 0.261 e. The fourth-order valence-electron chi connectivity index (χ4n) is 3.56. The molecule has 5 heteroatoms. The maximum atomic E-state index is 12.4. The minimum atomic E-state index is -0.00170. The monoisotopic (exact) mass is 372 g/mol. The summed E-state index contributed by atoms with van der Waals surface area (Å²) in [4.78, 5) is 26.3. The first kappa shape index (κ1) is 18.9. The highest BCUT2D eigenvalue weighted by Crippen LogP contribution is 2.40. The van der Waals surface area contributed by atoms with E-state index in [0.717, 1.165) is 24.1 Å². The van der Waals surface area contributed by atoms with Gasteiger partial charge in [0, 0.05) is 30.2 Å². The zero-order valence-corrected chi connectivity index (χ0v) is 16.7. The molecule has 2 heterocycles. The summed E-state index contributed by atoms with van der Waals surface area (Å²) in [7, 11) is 0. The first-order chi connectivity index (χ1) is 12.3. The van der Waals surface area contributed by atoms with Gasteiger partial charge in [0.1, 0.15) is 0 Å². The van der Waals surface area contributed by atoms with Crippen LogP contribution < -0.4 is 10.9 Å². The Hall–Kier alpha value is -1.88. The lowest BCUT2D eigenvalue weighted by molar-refractivity contribution is 0.0956. The Bertz CT molecular complexity index is 829. The third kappa shape index (κ3) is 4.44. The Balaban J connectivity index is 1.52. The lowest BCUT2D eigenvalue weighted by Crippen LogP contribution is -2.26. The summed E-state index contributed by atoms with van der Waals surface area (Å²) < 4.78 is 1.67. The average molecular weight is 373 g/mol. The molecular formula is C21H28N2O2S. The first-order valence-electron chi connectivity index (χ1n) is 9.40. The van der Waals surface area contributed by atoms with E-state index in [0.29, 0.717) is 24.4 Å². The van der Waals surface area contributed by atoms with Gasteiger partial charge in [-0.3, -0.25) is 9.59 Å². The molecule has 1 aliphatic carbocycles. The number of hydrogen-bond acceptors (Lipinski definition) is 3. The third-order valence-electron chi connectivity index (χ3n) is 5.29. The van der Waals surface area contributed by atoms with Crippen molar-refractivity contribution in [3.8, 4) is 0 Å². The summed E-state index contributed by atoms with van der Waals surface area (Å²) in [6, 6.07) is 7.24. The van der Waals surface area contributed by atoms with Gasteiger partial charge in [0.25, 0.3) is 5.91 Å². The lowest BCUT2D eigenvalue weighted by atomic mass is 9.72. The van der Waals surface area contributed by atoms with E-state index in [2.05, 4.69) is 32.2 Å². The molecule has 0 spiro atoms. The van der Waals surface area contributed by atoms with Crippen molar-refractivity contribution in [3.05, 3.63) is 56.1 Å². The Morgan fingerprint density at radius 3 is 2.88 bits per heavy atom. The maximum absolute atomic E-state index is 12.4. The summed E-state index contributed by atoms with van der Waals surface area (Å²) in [5.74, 6) is 0.696. The number of pyridine rings is 1.